The Kier molecular flexibility index (Phi) is 2.89. The van der Waals surface area contributed by atoms with Crippen LogP contribution in [0.25, 0.3) is 0 Å². The Bertz CT molecular complexity index is 308. The number of hydrogen-bond donors (Lipinski definition) is 0. The van der Waals surface area contributed by atoms with Crippen LogP contribution in [0, 0.1) is 11.8 Å². The molecule has 70 valence electrons. The molecular weight excluding hydrogens is 180 g/mol. The minimum Gasteiger partial charge on any atom is -0.461 e. The fraction of sp³-hybridized carbons (Fsp3) is 0.250. The first kappa shape index (κ1) is 9.57. The van der Waals surface area contributed by atoms with Gasteiger partial charge in [-0.3, -0.25) is 0 Å². The predicted octanol–water partition coefficient (Wildman–Crippen LogP) is 1.54. The van der Waals surface area contributed by atoms with Gasteiger partial charge in [0, 0.05) is 12.1 Å². The number of pyridine rings is 1. The van der Waals surface area contributed by atoms with Crippen molar-refractivity contribution in [2.45, 2.75) is 6.92 Å². The first-order chi connectivity index (χ1) is 6.13. The molecule has 0 unspecified atom stereocenters. The third kappa shape index (κ3) is 2.47. The molecular formula is C8H7F2NO2. The molecule has 0 saturated carbocycles. The molecule has 0 aromatic carbocycles. The third-order valence-electron chi connectivity index (χ3n) is 1.24. The van der Waals surface area contributed by atoms with E-state index in [0.717, 1.165) is 6.07 Å². The summed E-state index contributed by atoms with van der Waals surface area (Å²) in [5.74, 6) is -2.72. The molecule has 1 rings (SSSR count). The Labute approximate surface area is 73.4 Å². The van der Waals surface area contributed by atoms with E-state index in [1.165, 1.54) is 0 Å². The van der Waals surface area contributed by atoms with Gasteiger partial charge < -0.3 is 4.74 Å². The smallest absolute Gasteiger partial charge is 0.357 e. The fourth-order valence-electron chi connectivity index (χ4n) is 0.775. The SMILES string of the molecule is CCOC(=O)c1cc(F)cc(F)n1. The second-order valence-electron chi connectivity index (χ2n) is 2.21. The maximum atomic E-state index is 12.5. The summed E-state index contributed by atoms with van der Waals surface area (Å²) in [5.41, 5.74) is -0.362. The van der Waals surface area contributed by atoms with E-state index in [-0.39, 0.29) is 12.3 Å². The van der Waals surface area contributed by atoms with E-state index in [0.29, 0.717) is 6.07 Å². The van der Waals surface area contributed by atoms with E-state index in [9.17, 15) is 13.6 Å². The Balaban J connectivity index is 2.94. The van der Waals surface area contributed by atoms with Crippen LogP contribution >= 0.6 is 0 Å². The van der Waals surface area contributed by atoms with Gasteiger partial charge in [0.2, 0.25) is 5.95 Å². The predicted molar refractivity (Wildman–Crippen MR) is 40.1 cm³/mol. The lowest BCUT2D eigenvalue weighted by Gasteiger charge is -2.00. The van der Waals surface area contributed by atoms with E-state index < -0.39 is 17.7 Å². The number of esters is 1. The molecule has 0 N–H and O–H groups in total. The zero-order chi connectivity index (χ0) is 9.84. The van der Waals surface area contributed by atoms with Crippen molar-refractivity contribution in [3.05, 3.63) is 29.6 Å². The molecule has 0 aliphatic heterocycles. The van der Waals surface area contributed by atoms with Gasteiger partial charge in [0.15, 0.2) is 5.69 Å². The van der Waals surface area contributed by atoms with E-state index in [4.69, 9.17) is 0 Å². The van der Waals surface area contributed by atoms with E-state index >= 15 is 0 Å². The van der Waals surface area contributed by atoms with Gasteiger partial charge in [-0.05, 0) is 6.92 Å². The highest BCUT2D eigenvalue weighted by Gasteiger charge is 2.11. The number of nitrogens with zero attached hydrogens (tertiary/aromatic N) is 1. The molecule has 0 fully saturated rings. The Hall–Kier alpha value is -1.52. The van der Waals surface area contributed by atoms with Crippen LogP contribution in [0.4, 0.5) is 8.78 Å². The van der Waals surface area contributed by atoms with Crippen molar-refractivity contribution in [2.24, 2.45) is 0 Å². The molecule has 1 aromatic heterocycles. The molecule has 13 heavy (non-hydrogen) atoms. The summed E-state index contributed by atoms with van der Waals surface area (Å²) in [7, 11) is 0. The van der Waals surface area contributed by atoms with Gasteiger partial charge in [-0.1, -0.05) is 0 Å². The average molecular weight is 187 g/mol. The molecule has 0 aliphatic carbocycles. The topological polar surface area (TPSA) is 39.2 Å². The lowest BCUT2D eigenvalue weighted by Crippen LogP contribution is -2.08. The molecule has 1 heterocycles. The van der Waals surface area contributed by atoms with Crippen LogP contribution in [0.3, 0.4) is 0 Å². The summed E-state index contributed by atoms with van der Waals surface area (Å²) >= 11 is 0. The van der Waals surface area contributed by atoms with Crippen LogP contribution in [0.2, 0.25) is 0 Å². The van der Waals surface area contributed by atoms with Crippen molar-refractivity contribution >= 4 is 5.97 Å². The van der Waals surface area contributed by atoms with Crippen molar-refractivity contribution in [3.8, 4) is 0 Å². The zero-order valence-electron chi connectivity index (χ0n) is 6.88. The maximum Gasteiger partial charge on any atom is 0.357 e. The lowest BCUT2D eigenvalue weighted by atomic mass is 10.3. The quantitative estimate of drug-likeness (QED) is 0.520. The van der Waals surface area contributed by atoms with Crippen LogP contribution in [-0.2, 0) is 4.74 Å². The van der Waals surface area contributed by atoms with Gasteiger partial charge in [0.1, 0.15) is 5.82 Å². The number of ether oxygens (including phenoxy) is 1. The van der Waals surface area contributed by atoms with Crippen molar-refractivity contribution in [1.29, 1.82) is 0 Å². The van der Waals surface area contributed by atoms with Gasteiger partial charge >= 0.3 is 5.97 Å². The first-order valence-electron chi connectivity index (χ1n) is 3.63. The number of halogens is 2. The Morgan fingerprint density at radius 1 is 1.54 bits per heavy atom. The highest BCUT2D eigenvalue weighted by molar-refractivity contribution is 5.87. The molecule has 0 amide bonds. The number of rotatable bonds is 2. The molecule has 0 radical (unpaired) electrons. The first-order valence-corrected chi connectivity index (χ1v) is 3.63. The van der Waals surface area contributed by atoms with Crippen molar-refractivity contribution < 1.29 is 18.3 Å². The molecule has 3 nitrogen and oxygen atoms in total. The molecule has 0 saturated heterocycles. The number of carbonyl (C=O) groups is 1. The Morgan fingerprint density at radius 3 is 2.77 bits per heavy atom. The van der Waals surface area contributed by atoms with Crippen molar-refractivity contribution in [1.82, 2.24) is 4.98 Å². The normalized spacial score (nSPS) is 9.77. The minimum atomic E-state index is -1.04. The van der Waals surface area contributed by atoms with E-state index in [2.05, 4.69) is 9.72 Å². The summed E-state index contributed by atoms with van der Waals surface area (Å²) in [6.07, 6.45) is 0. The standard InChI is InChI=1S/C8H7F2NO2/c1-2-13-8(12)6-3-5(9)4-7(10)11-6/h3-4H,2H2,1H3. The largest absolute Gasteiger partial charge is 0.461 e. The highest BCUT2D eigenvalue weighted by Crippen LogP contribution is 2.04. The summed E-state index contributed by atoms with van der Waals surface area (Å²) in [6, 6.07) is 1.41. The summed E-state index contributed by atoms with van der Waals surface area (Å²) in [4.78, 5) is 14.1. The van der Waals surface area contributed by atoms with Gasteiger partial charge in [-0.15, -0.1) is 0 Å². The van der Waals surface area contributed by atoms with Crippen LogP contribution in [-0.4, -0.2) is 17.6 Å². The highest BCUT2D eigenvalue weighted by atomic mass is 19.1. The van der Waals surface area contributed by atoms with Gasteiger partial charge in [-0.2, -0.15) is 4.39 Å². The van der Waals surface area contributed by atoms with Crippen molar-refractivity contribution in [3.63, 3.8) is 0 Å². The molecule has 0 aliphatic rings. The summed E-state index contributed by atoms with van der Waals surface area (Å²) in [5, 5.41) is 0. The van der Waals surface area contributed by atoms with E-state index in [1.807, 2.05) is 0 Å². The molecule has 0 bridgehead atoms. The van der Waals surface area contributed by atoms with Gasteiger partial charge in [0.25, 0.3) is 0 Å². The number of hydrogen-bond acceptors (Lipinski definition) is 3. The van der Waals surface area contributed by atoms with E-state index in [1.54, 1.807) is 6.92 Å². The number of carbonyl (C=O) groups excluding carboxylic acids is 1. The van der Waals surface area contributed by atoms with Crippen molar-refractivity contribution in [2.75, 3.05) is 6.61 Å². The second-order valence-corrected chi connectivity index (χ2v) is 2.21. The zero-order valence-corrected chi connectivity index (χ0v) is 6.88. The fourth-order valence-corrected chi connectivity index (χ4v) is 0.775. The van der Waals surface area contributed by atoms with Gasteiger partial charge in [0.05, 0.1) is 6.61 Å². The maximum absolute atomic E-state index is 12.5. The minimum absolute atomic E-state index is 0.138. The molecule has 0 atom stereocenters. The lowest BCUT2D eigenvalue weighted by molar-refractivity contribution is 0.0517. The molecule has 1 aromatic rings. The molecule has 5 heteroatoms. The van der Waals surface area contributed by atoms with Crippen LogP contribution in [0.1, 0.15) is 17.4 Å². The third-order valence-corrected chi connectivity index (χ3v) is 1.24. The molecule has 0 spiro atoms. The summed E-state index contributed by atoms with van der Waals surface area (Å²) in [6.45, 7) is 1.73. The van der Waals surface area contributed by atoms with Crippen LogP contribution in [0.5, 0.6) is 0 Å². The van der Waals surface area contributed by atoms with Crippen LogP contribution in [0.15, 0.2) is 12.1 Å². The average Bonchev–Trinajstić information content (AvgIpc) is 2.03. The summed E-state index contributed by atoms with van der Waals surface area (Å²) < 4.78 is 29.5. The van der Waals surface area contributed by atoms with Crippen LogP contribution < -0.4 is 0 Å². The second kappa shape index (κ2) is 3.93. The monoisotopic (exact) mass is 187 g/mol. The number of aromatic nitrogens is 1. The Morgan fingerprint density at radius 2 is 2.23 bits per heavy atom. The van der Waals surface area contributed by atoms with Gasteiger partial charge in [-0.25, -0.2) is 14.2 Å².